The molecule has 11 heavy (non-hydrogen) atoms. The van der Waals surface area contributed by atoms with E-state index in [1.807, 2.05) is 13.8 Å². The topological polar surface area (TPSA) is 32.3 Å². The Labute approximate surface area is 69.3 Å². The van der Waals surface area contributed by atoms with Crippen molar-refractivity contribution < 1.29 is 5.11 Å². The lowest BCUT2D eigenvalue weighted by atomic mass is 10.2. The van der Waals surface area contributed by atoms with Crippen LogP contribution >= 0.6 is 0 Å². The molecule has 0 aliphatic rings. The van der Waals surface area contributed by atoms with E-state index >= 15 is 0 Å². The summed E-state index contributed by atoms with van der Waals surface area (Å²) in [5.41, 5.74) is 0. The maximum atomic E-state index is 8.68. The normalized spacial score (nSPS) is 14.1. The Bertz CT molecular complexity index is 102. The second-order valence-corrected chi connectivity index (χ2v) is 2.85. The van der Waals surface area contributed by atoms with Gasteiger partial charge in [0.15, 0.2) is 0 Å². The van der Waals surface area contributed by atoms with Crippen molar-refractivity contribution in [1.29, 1.82) is 0 Å². The summed E-state index contributed by atoms with van der Waals surface area (Å²) in [4.78, 5) is 0. The first-order valence-corrected chi connectivity index (χ1v) is 4.24. The highest BCUT2D eigenvalue weighted by Crippen LogP contribution is 1.88. The summed E-state index contributed by atoms with van der Waals surface area (Å²) >= 11 is 0. The van der Waals surface area contributed by atoms with Crippen molar-refractivity contribution >= 4 is 0 Å². The fraction of sp³-hybridized carbons (Fsp3) is 0.778. The summed E-state index contributed by atoms with van der Waals surface area (Å²) in [7, 11) is 0. The number of rotatable bonds is 6. The molecule has 2 N–H and O–H groups in total. The maximum Gasteiger partial charge on any atom is 0.0468 e. The van der Waals surface area contributed by atoms with E-state index in [0.29, 0.717) is 5.92 Å². The van der Waals surface area contributed by atoms with Gasteiger partial charge in [-0.15, -0.1) is 0 Å². The lowest BCUT2D eigenvalue weighted by Crippen LogP contribution is -2.23. The summed E-state index contributed by atoms with van der Waals surface area (Å²) in [5, 5.41) is 11.9. The minimum absolute atomic E-state index is 0.274. The van der Waals surface area contributed by atoms with Gasteiger partial charge in [-0.2, -0.15) is 0 Å². The van der Waals surface area contributed by atoms with Gasteiger partial charge in [0.05, 0.1) is 0 Å². The molecular weight excluding hydrogens is 138 g/mol. The fourth-order valence-corrected chi connectivity index (χ4v) is 0.765. The van der Waals surface area contributed by atoms with Crippen molar-refractivity contribution in [2.45, 2.75) is 20.3 Å². The van der Waals surface area contributed by atoms with Gasteiger partial charge in [-0.3, -0.25) is 0 Å². The van der Waals surface area contributed by atoms with Crippen LogP contribution in [0.3, 0.4) is 0 Å². The van der Waals surface area contributed by atoms with Gasteiger partial charge in [0.25, 0.3) is 0 Å². The number of allylic oxidation sites excluding steroid dienone is 1. The summed E-state index contributed by atoms with van der Waals surface area (Å²) in [6.07, 6.45) is 5.27. The molecule has 66 valence electrons. The predicted octanol–water partition coefficient (Wildman–Crippen LogP) is 1.17. The molecule has 0 bridgehead atoms. The Kier molecular flexibility index (Phi) is 7.52. The van der Waals surface area contributed by atoms with E-state index in [0.717, 1.165) is 19.5 Å². The van der Waals surface area contributed by atoms with E-state index in [2.05, 4.69) is 17.5 Å². The third kappa shape index (κ3) is 7.56. The van der Waals surface area contributed by atoms with Crippen LogP contribution < -0.4 is 5.32 Å². The molecular formula is C9H19NO. The van der Waals surface area contributed by atoms with E-state index < -0.39 is 0 Å². The highest BCUT2D eigenvalue weighted by Gasteiger charge is 1.96. The van der Waals surface area contributed by atoms with Gasteiger partial charge in [-0.1, -0.05) is 19.1 Å². The fourth-order valence-electron chi connectivity index (χ4n) is 0.765. The van der Waals surface area contributed by atoms with Crippen LogP contribution in [0.15, 0.2) is 12.2 Å². The zero-order valence-corrected chi connectivity index (χ0v) is 7.51. The van der Waals surface area contributed by atoms with Crippen LogP contribution in [0.25, 0.3) is 0 Å². The minimum atomic E-state index is 0.274. The van der Waals surface area contributed by atoms with Crippen molar-refractivity contribution in [1.82, 2.24) is 5.32 Å². The third-order valence-corrected chi connectivity index (χ3v) is 1.53. The van der Waals surface area contributed by atoms with E-state index in [1.54, 1.807) is 0 Å². The van der Waals surface area contributed by atoms with Crippen molar-refractivity contribution in [3.63, 3.8) is 0 Å². The highest BCUT2D eigenvalue weighted by molar-refractivity contribution is 4.77. The van der Waals surface area contributed by atoms with Crippen LogP contribution in [0.5, 0.6) is 0 Å². The van der Waals surface area contributed by atoms with E-state index in [9.17, 15) is 0 Å². The summed E-state index contributed by atoms with van der Waals surface area (Å²) in [6.45, 7) is 6.25. The number of nitrogens with one attached hydrogen (secondary N) is 1. The van der Waals surface area contributed by atoms with Gasteiger partial charge < -0.3 is 10.4 Å². The van der Waals surface area contributed by atoms with Gasteiger partial charge >= 0.3 is 0 Å². The van der Waals surface area contributed by atoms with Crippen molar-refractivity contribution in [3.05, 3.63) is 12.2 Å². The molecule has 1 unspecified atom stereocenters. The molecule has 2 heteroatoms. The lowest BCUT2D eigenvalue weighted by Gasteiger charge is -2.07. The summed E-state index contributed by atoms with van der Waals surface area (Å²) in [6, 6.07) is 0. The molecule has 0 amide bonds. The van der Waals surface area contributed by atoms with Gasteiger partial charge in [0.2, 0.25) is 0 Å². The van der Waals surface area contributed by atoms with Gasteiger partial charge in [-0.05, 0) is 32.4 Å². The first-order valence-electron chi connectivity index (χ1n) is 4.24. The van der Waals surface area contributed by atoms with Crippen LogP contribution in [0.4, 0.5) is 0 Å². The number of hydrogen-bond donors (Lipinski definition) is 2. The van der Waals surface area contributed by atoms with Gasteiger partial charge in [0.1, 0.15) is 0 Å². The summed E-state index contributed by atoms with van der Waals surface area (Å²) in [5.74, 6) is 0.376. The molecule has 0 aliphatic heterocycles. The standard InChI is InChI=1S/C9H19NO/c1-3-4-5-6-10-7-9(2)8-11/h3-4,9-11H,5-8H2,1-2H3/b4-3+. The molecule has 0 radical (unpaired) electrons. The molecule has 0 aromatic rings. The van der Waals surface area contributed by atoms with Gasteiger partial charge in [-0.25, -0.2) is 0 Å². The first-order chi connectivity index (χ1) is 5.31. The molecule has 0 aromatic carbocycles. The SMILES string of the molecule is C/C=C/CCNCC(C)CO. The second kappa shape index (κ2) is 7.76. The van der Waals surface area contributed by atoms with E-state index in [-0.39, 0.29) is 6.61 Å². The third-order valence-electron chi connectivity index (χ3n) is 1.53. The average Bonchev–Trinajstić information content (AvgIpc) is 2.04. The Morgan fingerprint density at radius 1 is 1.55 bits per heavy atom. The smallest absolute Gasteiger partial charge is 0.0468 e. The van der Waals surface area contributed by atoms with Crippen LogP contribution in [-0.2, 0) is 0 Å². The average molecular weight is 157 g/mol. The van der Waals surface area contributed by atoms with Crippen molar-refractivity contribution in [3.8, 4) is 0 Å². The first kappa shape index (κ1) is 10.7. The molecule has 0 aromatic heterocycles. The Balaban J connectivity index is 3.01. The monoisotopic (exact) mass is 157 g/mol. The van der Waals surface area contributed by atoms with Crippen LogP contribution in [0.2, 0.25) is 0 Å². The van der Waals surface area contributed by atoms with Crippen molar-refractivity contribution in [2.75, 3.05) is 19.7 Å². The molecule has 0 heterocycles. The Morgan fingerprint density at radius 2 is 2.27 bits per heavy atom. The zero-order valence-electron chi connectivity index (χ0n) is 7.51. The van der Waals surface area contributed by atoms with Crippen molar-refractivity contribution in [2.24, 2.45) is 5.92 Å². The quantitative estimate of drug-likeness (QED) is 0.448. The maximum absolute atomic E-state index is 8.68. The largest absolute Gasteiger partial charge is 0.396 e. The molecule has 2 nitrogen and oxygen atoms in total. The van der Waals surface area contributed by atoms with E-state index in [1.165, 1.54) is 0 Å². The minimum Gasteiger partial charge on any atom is -0.396 e. The molecule has 0 fully saturated rings. The highest BCUT2D eigenvalue weighted by atomic mass is 16.3. The van der Waals surface area contributed by atoms with Crippen LogP contribution in [0, 0.1) is 5.92 Å². The molecule has 0 spiro atoms. The summed E-state index contributed by atoms with van der Waals surface area (Å²) < 4.78 is 0. The molecule has 1 atom stereocenters. The molecule has 0 aliphatic carbocycles. The molecule has 0 saturated carbocycles. The Hall–Kier alpha value is -0.340. The number of aliphatic hydroxyl groups is 1. The lowest BCUT2D eigenvalue weighted by molar-refractivity contribution is 0.234. The predicted molar refractivity (Wildman–Crippen MR) is 48.6 cm³/mol. The number of aliphatic hydroxyl groups excluding tert-OH is 1. The molecule has 0 saturated heterocycles. The molecule has 0 rings (SSSR count). The second-order valence-electron chi connectivity index (χ2n) is 2.85. The van der Waals surface area contributed by atoms with E-state index in [4.69, 9.17) is 5.11 Å². The van der Waals surface area contributed by atoms with Gasteiger partial charge in [0, 0.05) is 6.61 Å². The zero-order chi connectivity index (χ0) is 8.53. The number of hydrogen-bond acceptors (Lipinski definition) is 2. The Morgan fingerprint density at radius 3 is 2.82 bits per heavy atom. The van der Waals surface area contributed by atoms with Crippen LogP contribution in [-0.4, -0.2) is 24.8 Å². The van der Waals surface area contributed by atoms with Crippen LogP contribution in [0.1, 0.15) is 20.3 Å².